The summed E-state index contributed by atoms with van der Waals surface area (Å²) >= 11 is 1.73. The number of benzene rings is 1. The van der Waals surface area contributed by atoms with E-state index in [2.05, 4.69) is 32.3 Å². The van der Waals surface area contributed by atoms with Gasteiger partial charge in [-0.15, -0.1) is 11.3 Å². The maximum Gasteiger partial charge on any atom is 0.240 e. The van der Waals surface area contributed by atoms with Crippen molar-refractivity contribution in [3.8, 4) is 0 Å². The van der Waals surface area contributed by atoms with Crippen LogP contribution in [0.5, 0.6) is 0 Å². The Balaban J connectivity index is 1.85. The molecular weight excluding hydrogens is 406 g/mol. The average molecular weight is 438 g/mol. The molecule has 1 aromatic heterocycles. The van der Waals surface area contributed by atoms with Crippen LogP contribution in [0.2, 0.25) is 0 Å². The number of sulfonamides is 1. The van der Waals surface area contributed by atoms with E-state index in [-0.39, 0.29) is 6.54 Å². The molecule has 0 unspecified atom stereocenters. The Bertz CT molecular complexity index is 923. The number of aryl methyl sites for hydroxylation is 3. The second-order valence-corrected chi connectivity index (χ2v) is 9.61. The van der Waals surface area contributed by atoms with Crippen molar-refractivity contribution >= 4 is 27.3 Å². The normalized spacial score (nSPS) is 12.2. The van der Waals surface area contributed by atoms with Gasteiger partial charge in [0.2, 0.25) is 10.0 Å². The number of nitrogens with one attached hydrogen (secondary N) is 3. The van der Waals surface area contributed by atoms with Crippen molar-refractivity contribution in [3.63, 3.8) is 0 Å². The van der Waals surface area contributed by atoms with E-state index in [1.54, 1.807) is 24.3 Å². The van der Waals surface area contributed by atoms with Gasteiger partial charge < -0.3 is 10.6 Å². The first-order valence-corrected chi connectivity index (χ1v) is 12.2. The van der Waals surface area contributed by atoms with Gasteiger partial charge in [-0.1, -0.05) is 19.1 Å². The van der Waals surface area contributed by atoms with Crippen molar-refractivity contribution in [1.82, 2.24) is 20.3 Å². The Morgan fingerprint density at radius 2 is 1.97 bits per heavy atom. The molecule has 0 aliphatic rings. The molecule has 0 saturated carbocycles. The summed E-state index contributed by atoms with van der Waals surface area (Å²) in [4.78, 5) is 10.5. The summed E-state index contributed by atoms with van der Waals surface area (Å²) in [6.07, 6.45) is 3.77. The van der Waals surface area contributed by atoms with Crippen molar-refractivity contribution in [3.05, 3.63) is 45.4 Å². The highest BCUT2D eigenvalue weighted by Crippen LogP contribution is 2.16. The maximum atomic E-state index is 12.5. The molecule has 0 atom stereocenters. The summed E-state index contributed by atoms with van der Waals surface area (Å²) in [6.45, 7) is 9.83. The van der Waals surface area contributed by atoms with Crippen molar-refractivity contribution in [2.75, 3.05) is 26.2 Å². The first-order valence-electron chi connectivity index (χ1n) is 9.88. The summed E-state index contributed by atoms with van der Waals surface area (Å²) in [6, 6.07) is 5.41. The predicted molar refractivity (Wildman–Crippen MR) is 120 cm³/mol. The van der Waals surface area contributed by atoms with Gasteiger partial charge in [-0.05, 0) is 44.4 Å². The zero-order chi connectivity index (χ0) is 21.3. The van der Waals surface area contributed by atoms with Crippen LogP contribution in [-0.4, -0.2) is 45.5 Å². The van der Waals surface area contributed by atoms with Gasteiger partial charge in [-0.3, -0.25) is 4.99 Å². The summed E-state index contributed by atoms with van der Waals surface area (Å²) in [7, 11) is -3.54. The van der Waals surface area contributed by atoms with Gasteiger partial charge in [0.1, 0.15) is 0 Å². The molecular formula is C20H31N5O2S2. The molecule has 0 aliphatic carbocycles. The second kappa shape index (κ2) is 11.3. The van der Waals surface area contributed by atoms with E-state index < -0.39 is 10.0 Å². The van der Waals surface area contributed by atoms with Crippen LogP contribution in [-0.2, 0) is 22.9 Å². The predicted octanol–water partition coefficient (Wildman–Crippen LogP) is 2.40. The van der Waals surface area contributed by atoms with Gasteiger partial charge in [0.25, 0.3) is 0 Å². The van der Waals surface area contributed by atoms with E-state index in [9.17, 15) is 8.42 Å². The Morgan fingerprint density at radius 3 is 2.66 bits per heavy atom. The third-order valence-electron chi connectivity index (χ3n) is 4.23. The molecule has 0 aliphatic heterocycles. The SMILES string of the molecule is CCNC(=NCCNS(=O)(=O)c1cc(C)ccc1C)NCCc1ncc(CC)s1. The van der Waals surface area contributed by atoms with Crippen molar-refractivity contribution in [2.45, 2.75) is 45.4 Å². The monoisotopic (exact) mass is 437 g/mol. The number of hydrogen-bond donors (Lipinski definition) is 3. The van der Waals surface area contributed by atoms with E-state index in [1.807, 2.05) is 32.2 Å². The smallest absolute Gasteiger partial charge is 0.240 e. The average Bonchev–Trinajstić information content (AvgIpc) is 3.15. The molecule has 2 aromatic rings. The number of aliphatic imine (C=N–C) groups is 1. The number of thiazole rings is 1. The van der Waals surface area contributed by atoms with Gasteiger partial charge in [0.05, 0.1) is 16.4 Å². The molecule has 0 radical (unpaired) electrons. The lowest BCUT2D eigenvalue weighted by molar-refractivity contribution is 0.581. The minimum absolute atomic E-state index is 0.235. The Morgan fingerprint density at radius 1 is 1.17 bits per heavy atom. The Hall–Kier alpha value is -1.97. The van der Waals surface area contributed by atoms with E-state index >= 15 is 0 Å². The van der Waals surface area contributed by atoms with Crippen LogP contribution in [0.4, 0.5) is 0 Å². The maximum absolute atomic E-state index is 12.5. The fourth-order valence-electron chi connectivity index (χ4n) is 2.68. The van der Waals surface area contributed by atoms with Crippen molar-refractivity contribution < 1.29 is 8.42 Å². The summed E-state index contributed by atoms with van der Waals surface area (Å²) < 4.78 is 27.7. The number of guanidine groups is 1. The molecule has 2 rings (SSSR count). The van der Waals surface area contributed by atoms with Crippen LogP contribution >= 0.6 is 11.3 Å². The zero-order valence-electron chi connectivity index (χ0n) is 17.6. The summed E-state index contributed by atoms with van der Waals surface area (Å²) in [5.74, 6) is 0.672. The lowest BCUT2D eigenvalue weighted by Gasteiger charge is -2.12. The molecule has 0 saturated heterocycles. The first kappa shape index (κ1) is 23.3. The van der Waals surface area contributed by atoms with Crippen LogP contribution < -0.4 is 15.4 Å². The molecule has 0 spiro atoms. The first-order chi connectivity index (χ1) is 13.9. The van der Waals surface area contributed by atoms with Crippen LogP contribution in [0.15, 0.2) is 34.3 Å². The second-order valence-electron chi connectivity index (χ2n) is 6.68. The molecule has 9 heteroatoms. The number of rotatable bonds is 10. The van der Waals surface area contributed by atoms with E-state index in [0.717, 1.165) is 42.1 Å². The highest BCUT2D eigenvalue weighted by atomic mass is 32.2. The van der Waals surface area contributed by atoms with Gasteiger partial charge in [-0.25, -0.2) is 18.1 Å². The quantitative estimate of drug-likeness (QED) is 0.301. The fourth-order valence-corrected chi connectivity index (χ4v) is 4.89. The largest absolute Gasteiger partial charge is 0.357 e. The number of aromatic nitrogens is 1. The molecule has 3 N–H and O–H groups in total. The number of hydrogen-bond acceptors (Lipinski definition) is 5. The topological polar surface area (TPSA) is 95.5 Å². The third-order valence-corrected chi connectivity index (χ3v) is 7.04. The Kier molecular flexibility index (Phi) is 9.06. The van der Waals surface area contributed by atoms with Crippen LogP contribution in [0.1, 0.15) is 34.9 Å². The molecule has 0 fully saturated rings. The van der Waals surface area contributed by atoms with Gasteiger partial charge >= 0.3 is 0 Å². The highest BCUT2D eigenvalue weighted by molar-refractivity contribution is 7.89. The van der Waals surface area contributed by atoms with E-state index in [0.29, 0.717) is 17.4 Å². The molecule has 0 bridgehead atoms. The lowest BCUT2D eigenvalue weighted by atomic mass is 10.2. The van der Waals surface area contributed by atoms with Crippen molar-refractivity contribution in [1.29, 1.82) is 0 Å². The Labute approximate surface area is 178 Å². The van der Waals surface area contributed by atoms with Gasteiger partial charge in [0.15, 0.2) is 5.96 Å². The summed E-state index contributed by atoms with van der Waals surface area (Å²) in [5, 5.41) is 7.55. The van der Waals surface area contributed by atoms with Gasteiger partial charge in [0, 0.05) is 37.1 Å². The minimum Gasteiger partial charge on any atom is -0.357 e. The molecule has 29 heavy (non-hydrogen) atoms. The van der Waals surface area contributed by atoms with Crippen molar-refractivity contribution in [2.24, 2.45) is 4.99 Å². The minimum atomic E-state index is -3.54. The van der Waals surface area contributed by atoms with Crippen LogP contribution in [0.3, 0.4) is 0 Å². The third kappa shape index (κ3) is 7.41. The molecule has 7 nitrogen and oxygen atoms in total. The fraction of sp³-hybridized carbons (Fsp3) is 0.500. The molecule has 1 heterocycles. The summed E-state index contributed by atoms with van der Waals surface area (Å²) in [5.41, 5.74) is 1.65. The van der Waals surface area contributed by atoms with Crippen LogP contribution in [0.25, 0.3) is 0 Å². The van der Waals surface area contributed by atoms with Crippen LogP contribution in [0, 0.1) is 13.8 Å². The standard InChI is InChI=1S/C20H31N5O2S2/c1-5-17-14-24-19(28-17)9-10-22-20(21-6-2)23-11-12-25-29(26,27)18-13-15(3)7-8-16(18)4/h7-8,13-14,25H,5-6,9-12H2,1-4H3,(H2,21,22,23). The van der Waals surface area contributed by atoms with E-state index in [4.69, 9.17) is 0 Å². The van der Waals surface area contributed by atoms with Gasteiger partial charge in [-0.2, -0.15) is 0 Å². The lowest BCUT2D eigenvalue weighted by Crippen LogP contribution is -2.39. The zero-order valence-corrected chi connectivity index (χ0v) is 19.2. The highest BCUT2D eigenvalue weighted by Gasteiger charge is 2.16. The molecule has 0 amide bonds. The molecule has 1 aromatic carbocycles. The van der Waals surface area contributed by atoms with E-state index in [1.165, 1.54) is 4.88 Å². The molecule has 160 valence electrons. The number of nitrogens with zero attached hydrogens (tertiary/aromatic N) is 2.